The van der Waals surface area contributed by atoms with Gasteiger partial charge in [-0.2, -0.15) is 11.8 Å². The monoisotopic (exact) mass is 250 g/mol. The topological polar surface area (TPSA) is 41.1 Å². The van der Waals surface area contributed by atoms with Gasteiger partial charge in [0.25, 0.3) is 0 Å². The van der Waals surface area contributed by atoms with Crippen molar-refractivity contribution in [1.29, 1.82) is 0 Å². The molecule has 1 fully saturated rings. The number of hydrogen-bond acceptors (Lipinski definition) is 3. The van der Waals surface area contributed by atoms with Gasteiger partial charge >= 0.3 is 0 Å². The van der Waals surface area contributed by atoms with Crippen LogP contribution in [0.2, 0.25) is 0 Å². The number of hydrogen-bond donors (Lipinski definition) is 2. The lowest BCUT2D eigenvalue weighted by atomic mass is 10.1. The summed E-state index contributed by atoms with van der Waals surface area (Å²) in [7, 11) is 0. The summed E-state index contributed by atoms with van der Waals surface area (Å²) in [6, 6.07) is 7.98. The summed E-state index contributed by atoms with van der Waals surface area (Å²) >= 11 is 1.82. The normalized spacial score (nSPS) is 19.9. The van der Waals surface area contributed by atoms with Gasteiger partial charge < -0.3 is 10.6 Å². The van der Waals surface area contributed by atoms with Crippen LogP contribution >= 0.6 is 11.8 Å². The van der Waals surface area contributed by atoms with E-state index in [0.29, 0.717) is 0 Å². The van der Waals surface area contributed by atoms with Crippen LogP contribution in [0.15, 0.2) is 24.3 Å². The number of carbonyl (C=O) groups is 1. The van der Waals surface area contributed by atoms with Crippen LogP contribution in [0.5, 0.6) is 0 Å². The number of aryl methyl sites for hydroxylation is 1. The van der Waals surface area contributed by atoms with Crippen molar-refractivity contribution < 1.29 is 4.79 Å². The summed E-state index contributed by atoms with van der Waals surface area (Å²) in [6.07, 6.45) is 1.02. The Bertz CT molecular complexity index is 372. The Kier molecular flexibility index (Phi) is 4.45. The molecule has 2 N–H and O–H groups in total. The molecule has 0 radical (unpaired) electrons. The SMILES string of the molecule is CCc1ccc(NC(=O)C2CSCCN2)cc1. The van der Waals surface area contributed by atoms with Crippen molar-refractivity contribution in [1.82, 2.24) is 5.32 Å². The second-order valence-corrected chi connectivity index (χ2v) is 5.27. The largest absolute Gasteiger partial charge is 0.325 e. The first-order valence-electron chi connectivity index (χ1n) is 6.00. The number of carbonyl (C=O) groups excluding carboxylic acids is 1. The molecule has 4 heteroatoms. The molecule has 1 aromatic carbocycles. The van der Waals surface area contributed by atoms with Crippen molar-refractivity contribution in [3.05, 3.63) is 29.8 Å². The van der Waals surface area contributed by atoms with Crippen molar-refractivity contribution >= 4 is 23.4 Å². The first kappa shape index (κ1) is 12.5. The quantitative estimate of drug-likeness (QED) is 0.861. The van der Waals surface area contributed by atoms with E-state index in [1.54, 1.807) is 0 Å². The van der Waals surface area contributed by atoms with E-state index < -0.39 is 0 Å². The van der Waals surface area contributed by atoms with Gasteiger partial charge in [0.05, 0.1) is 6.04 Å². The molecule has 1 saturated heterocycles. The Labute approximate surface area is 106 Å². The molecule has 3 nitrogen and oxygen atoms in total. The van der Waals surface area contributed by atoms with Crippen molar-refractivity contribution in [3.8, 4) is 0 Å². The molecule has 0 bridgehead atoms. The number of anilines is 1. The summed E-state index contributed by atoms with van der Waals surface area (Å²) < 4.78 is 0. The fraction of sp³-hybridized carbons (Fsp3) is 0.462. The summed E-state index contributed by atoms with van der Waals surface area (Å²) in [5, 5.41) is 6.18. The van der Waals surface area contributed by atoms with Gasteiger partial charge in [-0.3, -0.25) is 4.79 Å². The summed E-state index contributed by atoms with van der Waals surface area (Å²) in [5.41, 5.74) is 2.17. The molecular weight excluding hydrogens is 232 g/mol. The number of benzene rings is 1. The summed E-state index contributed by atoms with van der Waals surface area (Å²) in [6.45, 7) is 3.04. The fourth-order valence-corrected chi connectivity index (χ4v) is 2.72. The van der Waals surface area contributed by atoms with E-state index >= 15 is 0 Å². The molecule has 2 rings (SSSR count). The van der Waals surface area contributed by atoms with Crippen LogP contribution in [0, 0.1) is 0 Å². The number of nitrogens with one attached hydrogen (secondary N) is 2. The van der Waals surface area contributed by atoms with Gasteiger partial charge in [0.1, 0.15) is 0 Å². The molecule has 0 aromatic heterocycles. The zero-order valence-electron chi connectivity index (χ0n) is 10.0. The molecule has 1 heterocycles. The van der Waals surface area contributed by atoms with Crippen LogP contribution < -0.4 is 10.6 Å². The number of thioether (sulfide) groups is 1. The molecule has 0 aliphatic carbocycles. The first-order chi connectivity index (χ1) is 8.29. The molecule has 1 unspecified atom stereocenters. The molecule has 1 aromatic rings. The third kappa shape index (κ3) is 3.48. The molecule has 17 heavy (non-hydrogen) atoms. The van der Waals surface area contributed by atoms with E-state index in [1.165, 1.54) is 5.56 Å². The summed E-state index contributed by atoms with van der Waals surface area (Å²) in [4.78, 5) is 11.9. The van der Waals surface area contributed by atoms with E-state index in [4.69, 9.17) is 0 Å². The zero-order valence-corrected chi connectivity index (χ0v) is 10.8. The van der Waals surface area contributed by atoms with Gasteiger partial charge in [-0.15, -0.1) is 0 Å². The van der Waals surface area contributed by atoms with Crippen LogP contribution in [0.4, 0.5) is 5.69 Å². The van der Waals surface area contributed by atoms with Gasteiger partial charge in [-0.1, -0.05) is 19.1 Å². The Hall–Kier alpha value is -1.00. The zero-order chi connectivity index (χ0) is 12.1. The van der Waals surface area contributed by atoms with E-state index in [-0.39, 0.29) is 11.9 Å². The minimum Gasteiger partial charge on any atom is -0.325 e. The fourth-order valence-electron chi connectivity index (χ4n) is 1.79. The highest BCUT2D eigenvalue weighted by molar-refractivity contribution is 7.99. The van der Waals surface area contributed by atoms with Crippen LogP contribution in [0.25, 0.3) is 0 Å². The van der Waals surface area contributed by atoms with Gasteiger partial charge in [0.2, 0.25) is 5.91 Å². The molecule has 0 saturated carbocycles. The Morgan fingerprint density at radius 3 is 2.82 bits per heavy atom. The van der Waals surface area contributed by atoms with Gasteiger partial charge in [0.15, 0.2) is 0 Å². The van der Waals surface area contributed by atoms with Gasteiger partial charge in [-0.25, -0.2) is 0 Å². The van der Waals surface area contributed by atoms with E-state index in [0.717, 1.165) is 30.2 Å². The Balaban J connectivity index is 1.92. The molecule has 1 atom stereocenters. The summed E-state index contributed by atoms with van der Waals surface area (Å²) in [5.74, 6) is 2.02. The standard InChI is InChI=1S/C13H18N2OS/c1-2-10-3-5-11(6-4-10)15-13(16)12-9-17-8-7-14-12/h3-6,12,14H,2,7-9H2,1H3,(H,15,16). The smallest absolute Gasteiger partial charge is 0.242 e. The minimum atomic E-state index is -0.0559. The lowest BCUT2D eigenvalue weighted by Crippen LogP contribution is -2.46. The predicted octanol–water partition coefficient (Wildman–Crippen LogP) is 1.89. The molecule has 1 aliphatic heterocycles. The minimum absolute atomic E-state index is 0.0559. The molecule has 1 aliphatic rings. The predicted molar refractivity (Wildman–Crippen MR) is 73.6 cm³/mol. The lowest BCUT2D eigenvalue weighted by molar-refractivity contribution is -0.117. The van der Waals surface area contributed by atoms with Crippen molar-refractivity contribution in [2.75, 3.05) is 23.4 Å². The number of rotatable bonds is 3. The van der Waals surface area contributed by atoms with Crippen molar-refractivity contribution in [2.24, 2.45) is 0 Å². The van der Waals surface area contributed by atoms with Crippen LogP contribution in [-0.2, 0) is 11.2 Å². The van der Waals surface area contributed by atoms with Gasteiger partial charge in [0, 0.05) is 23.7 Å². The van der Waals surface area contributed by atoms with Crippen molar-refractivity contribution in [2.45, 2.75) is 19.4 Å². The Morgan fingerprint density at radius 1 is 1.47 bits per heavy atom. The van der Waals surface area contributed by atoms with Crippen LogP contribution in [0.1, 0.15) is 12.5 Å². The van der Waals surface area contributed by atoms with E-state index in [1.807, 2.05) is 23.9 Å². The van der Waals surface area contributed by atoms with Crippen LogP contribution in [-0.4, -0.2) is 30.0 Å². The van der Waals surface area contributed by atoms with Crippen molar-refractivity contribution in [3.63, 3.8) is 0 Å². The highest BCUT2D eigenvalue weighted by atomic mass is 32.2. The molecule has 1 amide bonds. The van der Waals surface area contributed by atoms with Crippen LogP contribution in [0.3, 0.4) is 0 Å². The highest BCUT2D eigenvalue weighted by Gasteiger charge is 2.20. The molecule has 0 spiro atoms. The van der Waals surface area contributed by atoms with E-state index in [9.17, 15) is 4.79 Å². The maximum Gasteiger partial charge on any atom is 0.242 e. The Morgan fingerprint density at radius 2 is 2.24 bits per heavy atom. The third-order valence-electron chi connectivity index (χ3n) is 2.87. The first-order valence-corrected chi connectivity index (χ1v) is 7.16. The number of amides is 1. The van der Waals surface area contributed by atoms with Gasteiger partial charge in [-0.05, 0) is 24.1 Å². The third-order valence-corrected chi connectivity index (χ3v) is 3.93. The average molecular weight is 250 g/mol. The maximum atomic E-state index is 11.9. The molecular formula is C13H18N2OS. The maximum absolute atomic E-state index is 11.9. The van der Waals surface area contributed by atoms with E-state index in [2.05, 4.69) is 29.7 Å². The lowest BCUT2D eigenvalue weighted by Gasteiger charge is -2.22. The highest BCUT2D eigenvalue weighted by Crippen LogP contribution is 2.13. The second kappa shape index (κ2) is 6.07. The average Bonchev–Trinajstić information content (AvgIpc) is 2.40. The molecule has 92 valence electrons. The second-order valence-electron chi connectivity index (χ2n) is 4.12.